The predicted octanol–water partition coefficient (Wildman–Crippen LogP) is 2.39. The summed E-state index contributed by atoms with van der Waals surface area (Å²) >= 11 is 1.91. The molecule has 18 heavy (non-hydrogen) atoms. The number of hydrogen-bond acceptors (Lipinski definition) is 4. The standard InChI is InChI=1S/C14H24N2OS/c1-10-9-17-11(2)7-16(10)8-13-5-14(6-15-4)18-12(13)3/h5,10-11,15H,6-9H2,1-4H3. The number of hydrogen-bond donors (Lipinski definition) is 1. The molecule has 0 aliphatic carbocycles. The van der Waals surface area contributed by atoms with Crippen molar-refractivity contribution in [3.63, 3.8) is 0 Å². The average molecular weight is 268 g/mol. The lowest BCUT2D eigenvalue weighted by Crippen LogP contribution is -2.46. The van der Waals surface area contributed by atoms with Crippen LogP contribution in [0.1, 0.15) is 29.2 Å². The minimum absolute atomic E-state index is 0.358. The molecule has 1 aromatic heterocycles. The van der Waals surface area contributed by atoms with Crippen molar-refractivity contribution in [2.75, 3.05) is 20.2 Å². The highest BCUT2D eigenvalue weighted by atomic mass is 32.1. The Balaban J connectivity index is 2.03. The number of thiophene rings is 1. The van der Waals surface area contributed by atoms with E-state index in [1.807, 2.05) is 18.4 Å². The summed E-state index contributed by atoms with van der Waals surface area (Å²) in [6.07, 6.45) is 0.358. The van der Waals surface area contributed by atoms with Gasteiger partial charge in [-0.2, -0.15) is 0 Å². The highest BCUT2D eigenvalue weighted by molar-refractivity contribution is 7.12. The lowest BCUT2D eigenvalue weighted by Gasteiger charge is -2.36. The van der Waals surface area contributed by atoms with Gasteiger partial charge in [0.05, 0.1) is 12.7 Å². The summed E-state index contributed by atoms with van der Waals surface area (Å²) in [5.74, 6) is 0. The van der Waals surface area contributed by atoms with E-state index < -0.39 is 0 Å². The van der Waals surface area contributed by atoms with Crippen molar-refractivity contribution in [2.24, 2.45) is 0 Å². The van der Waals surface area contributed by atoms with Gasteiger partial charge in [0.2, 0.25) is 0 Å². The molecule has 2 atom stereocenters. The van der Waals surface area contributed by atoms with E-state index in [0.29, 0.717) is 12.1 Å². The molecular weight excluding hydrogens is 244 g/mol. The van der Waals surface area contributed by atoms with Crippen LogP contribution in [0.2, 0.25) is 0 Å². The Morgan fingerprint density at radius 1 is 1.50 bits per heavy atom. The molecule has 0 bridgehead atoms. The van der Waals surface area contributed by atoms with Crippen LogP contribution in [0.4, 0.5) is 0 Å². The molecule has 4 heteroatoms. The molecule has 1 aliphatic rings. The molecule has 2 heterocycles. The van der Waals surface area contributed by atoms with Gasteiger partial charge >= 0.3 is 0 Å². The van der Waals surface area contributed by atoms with Crippen molar-refractivity contribution in [2.45, 2.75) is 46.0 Å². The summed E-state index contributed by atoms with van der Waals surface area (Å²) < 4.78 is 5.68. The van der Waals surface area contributed by atoms with Gasteiger partial charge in [0.25, 0.3) is 0 Å². The molecule has 1 aromatic rings. The fourth-order valence-corrected chi connectivity index (χ4v) is 3.48. The van der Waals surface area contributed by atoms with Gasteiger partial charge in [-0.3, -0.25) is 4.90 Å². The smallest absolute Gasteiger partial charge is 0.0674 e. The number of ether oxygens (including phenoxy) is 1. The van der Waals surface area contributed by atoms with Gasteiger partial charge in [0.1, 0.15) is 0 Å². The third-order valence-electron chi connectivity index (χ3n) is 3.53. The SMILES string of the molecule is CNCc1cc(CN2CC(C)OCC2C)c(C)s1. The van der Waals surface area contributed by atoms with Gasteiger partial charge in [-0.25, -0.2) is 0 Å². The maximum absolute atomic E-state index is 5.68. The fraction of sp³-hybridized carbons (Fsp3) is 0.714. The first-order chi connectivity index (χ1) is 8.60. The molecule has 1 fully saturated rings. The van der Waals surface area contributed by atoms with Gasteiger partial charge < -0.3 is 10.1 Å². The first-order valence-corrected chi connectivity index (χ1v) is 7.50. The van der Waals surface area contributed by atoms with E-state index in [1.54, 1.807) is 0 Å². The lowest BCUT2D eigenvalue weighted by molar-refractivity contribution is -0.0526. The molecule has 1 saturated heterocycles. The molecular formula is C14H24N2OS. The highest BCUT2D eigenvalue weighted by Gasteiger charge is 2.24. The Kier molecular flexibility index (Phi) is 4.78. The van der Waals surface area contributed by atoms with Crippen molar-refractivity contribution in [1.29, 1.82) is 0 Å². The summed E-state index contributed by atoms with van der Waals surface area (Å²) in [7, 11) is 2.00. The van der Waals surface area contributed by atoms with Crippen LogP contribution in [0.3, 0.4) is 0 Å². The van der Waals surface area contributed by atoms with Crippen molar-refractivity contribution in [3.05, 3.63) is 21.4 Å². The highest BCUT2D eigenvalue weighted by Crippen LogP contribution is 2.24. The molecule has 2 unspecified atom stereocenters. The third kappa shape index (κ3) is 3.32. The van der Waals surface area contributed by atoms with Gasteiger partial charge in [-0.15, -0.1) is 11.3 Å². The number of nitrogens with zero attached hydrogens (tertiary/aromatic N) is 1. The second-order valence-electron chi connectivity index (χ2n) is 5.25. The van der Waals surface area contributed by atoms with Crippen LogP contribution < -0.4 is 5.32 Å². The molecule has 0 radical (unpaired) electrons. The lowest BCUT2D eigenvalue weighted by atomic mass is 10.1. The van der Waals surface area contributed by atoms with Gasteiger partial charge in [-0.1, -0.05) is 0 Å². The minimum atomic E-state index is 0.358. The van der Waals surface area contributed by atoms with E-state index in [4.69, 9.17) is 4.74 Å². The second kappa shape index (κ2) is 6.15. The molecule has 0 spiro atoms. The molecule has 1 aliphatic heterocycles. The maximum Gasteiger partial charge on any atom is 0.0674 e. The number of nitrogens with one attached hydrogen (secondary N) is 1. The summed E-state index contributed by atoms with van der Waals surface area (Å²) in [6.45, 7) is 10.6. The molecule has 102 valence electrons. The number of rotatable bonds is 4. The van der Waals surface area contributed by atoms with E-state index in [1.165, 1.54) is 15.3 Å². The first-order valence-electron chi connectivity index (χ1n) is 6.68. The predicted molar refractivity (Wildman–Crippen MR) is 77.1 cm³/mol. The Morgan fingerprint density at radius 3 is 3.00 bits per heavy atom. The molecule has 0 amide bonds. The van der Waals surface area contributed by atoms with Crippen LogP contribution in [-0.4, -0.2) is 37.2 Å². The topological polar surface area (TPSA) is 24.5 Å². The van der Waals surface area contributed by atoms with E-state index in [2.05, 4.69) is 37.1 Å². The summed E-state index contributed by atoms with van der Waals surface area (Å²) in [6, 6.07) is 2.87. The van der Waals surface area contributed by atoms with E-state index in [9.17, 15) is 0 Å². The average Bonchev–Trinajstić information content (AvgIpc) is 2.65. The van der Waals surface area contributed by atoms with Gasteiger partial charge in [-0.05, 0) is 39.4 Å². The van der Waals surface area contributed by atoms with Crippen LogP contribution in [0.5, 0.6) is 0 Å². The van der Waals surface area contributed by atoms with Gasteiger partial charge in [0.15, 0.2) is 0 Å². The minimum Gasteiger partial charge on any atom is -0.376 e. The van der Waals surface area contributed by atoms with Crippen molar-refractivity contribution >= 4 is 11.3 Å². The van der Waals surface area contributed by atoms with E-state index in [0.717, 1.165) is 26.2 Å². The van der Waals surface area contributed by atoms with Crippen LogP contribution in [0.15, 0.2) is 6.07 Å². The zero-order chi connectivity index (χ0) is 13.1. The first kappa shape index (κ1) is 14.0. The Hall–Kier alpha value is -0.420. The molecule has 0 aromatic carbocycles. The monoisotopic (exact) mass is 268 g/mol. The zero-order valence-corrected chi connectivity index (χ0v) is 12.6. The van der Waals surface area contributed by atoms with Crippen LogP contribution in [0, 0.1) is 6.92 Å². The fourth-order valence-electron chi connectivity index (χ4n) is 2.42. The third-order valence-corrected chi connectivity index (χ3v) is 4.63. The van der Waals surface area contributed by atoms with Crippen molar-refractivity contribution < 1.29 is 4.74 Å². The molecule has 1 N–H and O–H groups in total. The van der Waals surface area contributed by atoms with E-state index in [-0.39, 0.29) is 0 Å². The second-order valence-corrected chi connectivity index (χ2v) is 6.59. The van der Waals surface area contributed by atoms with Crippen molar-refractivity contribution in [3.8, 4) is 0 Å². The maximum atomic E-state index is 5.68. The van der Waals surface area contributed by atoms with Crippen LogP contribution in [0.25, 0.3) is 0 Å². The largest absolute Gasteiger partial charge is 0.376 e. The number of aryl methyl sites for hydroxylation is 1. The summed E-state index contributed by atoms with van der Waals surface area (Å²) in [5.41, 5.74) is 1.48. The molecule has 2 rings (SSSR count). The molecule has 0 saturated carbocycles. The Labute approximate surface area is 114 Å². The zero-order valence-electron chi connectivity index (χ0n) is 11.8. The van der Waals surface area contributed by atoms with Crippen LogP contribution >= 0.6 is 11.3 Å². The Bertz CT molecular complexity index is 391. The summed E-state index contributed by atoms with van der Waals surface area (Å²) in [4.78, 5) is 5.41. The van der Waals surface area contributed by atoms with E-state index >= 15 is 0 Å². The quantitative estimate of drug-likeness (QED) is 0.907. The molecule has 3 nitrogen and oxygen atoms in total. The Morgan fingerprint density at radius 2 is 2.28 bits per heavy atom. The van der Waals surface area contributed by atoms with Crippen molar-refractivity contribution in [1.82, 2.24) is 10.2 Å². The summed E-state index contributed by atoms with van der Waals surface area (Å²) in [5, 5.41) is 3.22. The number of morpholine rings is 1. The van der Waals surface area contributed by atoms with Gasteiger partial charge in [0, 0.05) is 35.4 Å². The normalized spacial score (nSPS) is 25.6. The van der Waals surface area contributed by atoms with Crippen LogP contribution in [-0.2, 0) is 17.8 Å².